The maximum Gasteiger partial charge on any atom is 0.0451 e. The molecule has 0 aliphatic carbocycles. The number of halogens is 1. The minimum absolute atomic E-state index is 0.821. The molecule has 0 unspecified atom stereocenters. The lowest BCUT2D eigenvalue weighted by Crippen LogP contribution is -2.23. The van der Waals surface area contributed by atoms with Crippen molar-refractivity contribution in [3.8, 4) is 0 Å². The molecule has 0 spiro atoms. The molecule has 0 bridgehead atoms. The molecule has 0 atom stereocenters. The Morgan fingerprint density at radius 2 is 1.53 bits per heavy atom. The Bertz CT molecular complexity index is 492. The number of benzene rings is 2. The predicted octanol–water partition coefficient (Wildman–Crippen LogP) is 3.94. The zero-order valence-corrected chi connectivity index (χ0v) is 11.9. The van der Waals surface area contributed by atoms with Gasteiger partial charge in [0.05, 0.1) is 0 Å². The lowest BCUT2D eigenvalue weighted by Gasteiger charge is -2.22. The number of anilines is 1. The summed E-state index contributed by atoms with van der Waals surface area (Å²) >= 11 is 6.21. The third-order valence-corrected chi connectivity index (χ3v) is 3.62. The van der Waals surface area contributed by atoms with Crippen LogP contribution in [-0.2, 0) is 13.1 Å². The van der Waals surface area contributed by atoms with E-state index in [4.69, 9.17) is 17.3 Å². The Morgan fingerprint density at radius 3 is 2.16 bits per heavy atom. The van der Waals surface area contributed by atoms with Crippen LogP contribution in [0.4, 0.5) is 5.69 Å². The molecule has 2 nitrogen and oxygen atoms in total. The predicted molar refractivity (Wildman–Crippen MR) is 82.1 cm³/mol. The lowest BCUT2D eigenvalue weighted by atomic mass is 10.1. The Morgan fingerprint density at radius 1 is 0.947 bits per heavy atom. The van der Waals surface area contributed by atoms with Crippen LogP contribution in [0.5, 0.6) is 0 Å². The normalized spacial score (nSPS) is 10.9. The standard InChI is InChI=1S/C16H19ClN2/c1-2-19(11-13-7-3-5-9-15(13)17)12-14-8-4-6-10-16(14)18/h3-10H,2,11-12,18H2,1H3. The molecule has 19 heavy (non-hydrogen) atoms. The first-order valence-electron chi connectivity index (χ1n) is 6.50. The number of rotatable bonds is 5. The van der Waals surface area contributed by atoms with E-state index in [1.165, 1.54) is 0 Å². The molecule has 2 N–H and O–H groups in total. The van der Waals surface area contributed by atoms with Crippen molar-refractivity contribution in [3.05, 3.63) is 64.7 Å². The van der Waals surface area contributed by atoms with Crippen LogP contribution in [0.3, 0.4) is 0 Å². The topological polar surface area (TPSA) is 29.3 Å². The monoisotopic (exact) mass is 274 g/mol. The molecule has 100 valence electrons. The van der Waals surface area contributed by atoms with Gasteiger partial charge in [0, 0.05) is 23.8 Å². The average Bonchev–Trinajstić information content (AvgIpc) is 2.42. The molecular weight excluding hydrogens is 256 g/mol. The molecule has 0 aliphatic rings. The zero-order valence-electron chi connectivity index (χ0n) is 11.1. The van der Waals surface area contributed by atoms with Gasteiger partial charge in [0.25, 0.3) is 0 Å². The molecule has 0 saturated heterocycles. The van der Waals surface area contributed by atoms with E-state index < -0.39 is 0 Å². The van der Waals surface area contributed by atoms with Crippen molar-refractivity contribution in [2.45, 2.75) is 20.0 Å². The molecule has 0 saturated carbocycles. The summed E-state index contributed by atoms with van der Waals surface area (Å²) in [7, 11) is 0. The summed E-state index contributed by atoms with van der Waals surface area (Å²) < 4.78 is 0. The Hall–Kier alpha value is -1.51. The molecule has 0 radical (unpaired) electrons. The van der Waals surface area contributed by atoms with Crippen LogP contribution in [0, 0.1) is 0 Å². The minimum Gasteiger partial charge on any atom is -0.398 e. The second-order valence-corrected chi connectivity index (χ2v) is 5.00. The van der Waals surface area contributed by atoms with Crippen molar-refractivity contribution < 1.29 is 0 Å². The van der Waals surface area contributed by atoms with Gasteiger partial charge in [-0.25, -0.2) is 0 Å². The highest BCUT2D eigenvalue weighted by molar-refractivity contribution is 6.31. The van der Waals surface area contributed by atoms with Crippen molar-refractivity contribution in [2.75, 3.05) is 12.3 Å². The largest absolute Gasteiger partial charge is 0.398 e. The third kappa shape index (κ3) is 3.72. The number of hydrogen-bond donors (Lipinski definition) is 1. The van der Waals surface area contributed by atoms with Gasteiger partial charge in [0.2, 0.25) is 0 Å². The van der Waals surface area contributed by atoms with Gasteiger partial charge >= 0.3 is 0 Å². The summed E-state index contributed by atoms with van der Waals surface area (Å²) in [6, 6.07) is 16.0. The maximum absolute atomic E-state index is 6.21. The van der Waals surface area contributed by atoms with E-state index in [0.717, 1.165) is 41.5 Å². The van der Waals surface area contributed by atoms with Gasteiger partial charge in [-0.1, -0.05) is 54.9 Å². The highest BCUT2D eigenvalue weighted by Gasteiger charge is 2.08. The first kappa shape index (κ1) is 13.9. The fourth-order valence-corrected chi connectivity index (χ4v) is 2.26. The van der Waals surface area contributed by atoms with Crippen LogP contribution in [-0.4, -0.2) is 11.4 Å². The SMILES string of the molecule is CCN(Cc1ccccc1N)Cc1ccccc1Cl. The van der Waals surface area contributed by atoms with E-state index in [1.807, 2.05) is 36.4 Å². The molecule has 2 aromatic carbocycles. The van der Waals surface area contributed by atoms with Crippen molar-refractivity contribution in [3.63, 3.8) is 0 Å². The second kappa shape index (κ2) is 6.60. The van der Waals surface area contributed by atoms with Gasteiger partial charge in [-0.3, -0.25) is 4.90 Å². The van der Waals surface area contributed by atoms with E-state index in [-0.39, 0.29) is 0 Å². The van der Waals surface area contributed by atoms with Gasteiger partial charge in [-0.15, -0.1) is 0 Å². The first-order valence-corrected chi connectivity index (χ1v) is 6.87. The lowest BCUT2D eigenvalue weighted by molar-refractivity contribution is 0.272. The Kier molecular flexibility index (Phi) is 4.83. The summed E-state index contributed by atoms with van der Waals surface area (Å²) in [4.78, 5) is 2.33. The molecule has 0 heterocycles. The molecule has 2 aromatic rings. The number of nitrogens with zero attached hydrogens (tertiary/aromatic N) is 1. The molecule has 3 heteroatoms. The summed E-state index contributed by atoms with van der Waals surface area (Å²) in [5.41, 5.74) is 9.16. The third-order valence-electron chi connectivity index (χ3n) is 3.25. The molecule has 0 aliphatic heterocycles. The van der Waals surface area contributed by atoms with Crippen molar-refractivity contribution in [2.24, 2.45) is 0 Å². The number of nitrogen functional groups attached to an aromatic ring is 1. The average molecular weight is 275 g/mol. The van der Waals surface area contributed by atoms with Gasteiger partial charge in [-0.2, -0.15) is 0 Å². The molecule has 2 rings (SSSR count). The van der Waals surface area contributed by atoms with E-state index in [0.29, 0.717) is 0 Å². The van der Waals surface area contributed by atoms with Gasteiger partial charge in [0.1, 0.15) is 0 Å². The fraction of sp³-hybridized carbons (Fsp3) is 0.250. The number of para-hydroxylation sites is 1. The van der Waals surface area contributed by atoms with Crippen LogP contribution < -0.4 is 5.73 Å². The van der Waals surface area contributed by atoms with E-state index in [9.17, 15) is 0 Å². The highest BCUT2D eigenvalue weighted by Crippen LogP contribution is 2.19. The summed E-state index contributed by atoms with van der Waals surface area (Å²) in [5, 5.41) is 0.821. The summed E-state index contributed by atoms with van der Waals surface area (Å²) in [6.45, 7) is 4.79. The zero-order chi connectivity index (χ0) is 13.7. The molecule has 0 fully saturated rings. The second-order valence-electron chi connectivity index (χ2n) is 4.59. The fourth-order valence-electron chi connectivity index (χ4n) is 2.07. The van der Waals surface area contributed by atoms with Crippen molar-refractivity contribution >= 4 is 17.3 Å². The van der Waals surface area contributed by atoms with Crippen LogP contribution in [0.15, 0.2) is 48.5 Å². The van der Waals surface area contributed by atoms with E-state index in [2.05, 4.69) is 24.0 Å². The van der Waals surface area contributed by atoms with Crippen LogP contribution in [0.25, 0.3) is 0 Å². The van der Waals surface area contributed by atoms with Crippen LogP contribution >= 0.6 is 11.6 Å². The summed E-state index contributed by atoms with van der Waals surface area (Å²) in [5.74, 6) is 0. The first-order chi connectivity index (χ1) is 9.20. The van der Waals surface area contributed by atoms with E-state index >= 15 is 0 Å². The highest BCUT2D eigenvalue weighted by atomic mass is 35.5. The van der Waals surface area contributed by atoms with Gasteiger partial charge in [0.15, 0.2) is 0 Å². The van der Waals surface area contributed by atoms with Crippen LogP contribution in [0.2, 0.25) is 5.02 Å². The Labute approximate surface area is 119 Å². The minimum atomic E-state index is 0.821. The molecular formula is C16H19ClN2. The maximum atomic E-state index is 6.21. The quantitative estimate of drug-likeness (QED) is 0.837. The molecule has 0 aromatic heterocycles. The smallest absolute Gasteiger partial charge is 0.0451 e. The number of nitrogens with two attached hydrogens (primary N) is 1. The number of hydrogen-bond acceptors (Lipinski definition) is 2. The molecule has 0 amide bonds. The van der Waals surface area contributed by atoms with Crippen LogP contribution in [0.1, 0.15) is 18.1 Å². The van der Waals surface area contributed by atoms with Crippen molar-refractivity contribution in [1.82, 2.24) is 4.90 Å². The summed E-state index contributed by atoms with van der Waals surface area (Å²) in [6.07, 6.45) is 0. The van der Waals surface area contributed by atoms with Crippen molar-refractivity contribution in [1.29, 1.82) is 0 Å². The van der Waals surface area contributed by atoms with Gasteiger partial charge < -0.3 is 5.73 Å². The van der Waals surface area contributed by atoms with E-state index in [1.54, 1.807) is 0 Å². The van der Waals surface area contributed by atoms with Gasteiger partial charge in [-0.05, 0) is 29.8 Å². The Balaban J connectivity index is 2.09.